The highest BCUT2D eigenvalue weighted by molar-refractivity contribution is 5.78. The molecule has 0 heterocycles. The predicted octanol–water partition coefficient (Wildman–Crippen LogP) is -5.17. The summed E-state index contributed by atoms with van der Waals surface area (Å²) in [5, 5.41) is 60.6. The lowest BCUT2D eigenvalue weighted by molar-refractivity contribution is -0.147. The van der Waals surface area contributed by atoms with E-state index >= 15 is 0 Å². The van der Waals surface area contributed by atoms with Crippen LogP contribution in [0.2, 0.25) is 0 Å². The minimum Gasteiger partial charge on any atom is -0.463 e. The normalized spacial score (nSPS) is 13.8. The van der Waals surface area contributed by atoms with Gasteiger partial charge in [0.15, 0.2) is 12.9 Å². The number of aliphatic hydroxyl groups is 7. The molecule has 35 heavy (non-hydrogen) atoms. The summed E-state index contributed by atoms with van der Waals surface area (Å²) < 4.78 is 8.78. The van der Waals surface area contributed by atoms with Gasteiger partial charge in [0.25, 0.3) is 5.91 Å². The molecule has 0 radical (unpaired) electrons. The Morgan fingerprint density at radius 2 is 1.37 bits per heavy atom. The van der Waals surface area contributed by atoms with Crippen LogP contribution in [-0.2, 0) is 33.4 Å². The molecule has 2 amide bonds. The van der Waals surface area contributed by atoms with E-state index in [-0.39, 0.29) is 38.0 Å². The number of aldehydes is 1. The summed E-state index contributed by atoms with van der Waals surface area (Å²) >= 11 is 0. The van der Waals surface area contributed by atoms with Gasteiger partial charge in [0, 0.05) is 20.3 Å². The first-order valence-corrected chi connectivity index (χ1v) is 10.0. The van der Waals surface area contributed by atoms with Crippen molar-refractivity contribution in [3.8, 4) is 0 Å². The van der Waals surface area contributed by atoms with E-state index in [1.165, 1.54) is 13.8 Å². The lowest BCUT2D eigenvalue weighted by atomic mass is 10.0. The van der Waals surface area contributed by atoms with Crippen molar-refractivity contribution >= 4 is 30.0 Å². The summed E-state index contributed by atoms with van der Waals surface area (Å²) in [5.41, 5.74) is 9.10. The van der Waals surface area contributed by atoms with Crippen molar-refractivity contribution in [3.63, 3.8) is 0 Å². The highest BCUT2D eigenvalue weighted by Gasteiger charge is 2.29. The summed E-state index contributed by atoms with van der Waals surface area (Å²) in [7, 11) is 0. The van der Waals surface area contributed by atoms with Crippen LogP contribution in [0.1, 0.15) is 33.6 Å². The average Bonchev–Trinajstić information content (AvgIpc) is 2.79. The van der Waals surface area contributed by atoms with Crippen LogP contribution in [0.5, 0.6) is 0 Å². The smallest absolute Gasteiger partial charge is 0.305 e. The fourth-order valence-electron chi connectivity index (χ4n) is 1.31. The number of rotatable bonds is 12. The zero-order valence-corrected chi connectivity index (χ0v) is 19.8. The Kier molecular flexibility index (Phi) is 29.2. The molecule has 0 aromatic rings. The summed E-state index contributed by atoms with van der Waals surface area (Å²) in [6, 6.07) is 0. The maximum absolute atomic E-state index is 10.6. The molecule has 0 aliphatic carbocycles. The average molecular weight is 519 g/mol. The lowest BCUT2D eigenvalue weighted by Gasteiger charge is -2.22. The third-order valence-corrected chi connectivity index (χ3v) is 2.94. The van der Waals surface area contributed by atoms with Gasteiger partial charge in [0.1, 0.15) is 37.1 Å². The van der Waals surface area contributed by atoms with Gasteiger partial charge < -0.3 is 61.5 Å². The molecule has 5 atom stereocenters. The molecule has 1 unspecified atom stereocenters. The van der Waals surface area contributed by atoms with E-state index in [0.29, 0.717) is 6.42 Å². The second kappa shape index (κ2) is 25.9. The Morgan fingerprint density at radius 3 is 1.66 bits per heavy atom. The van der Waals surface area contributed by atoms with Crippen LogP contribution in [-0.4, -0.2) is 123 Å². The van der Waals surface area contributed by atoms with Crippen LogP contribution in [0.25, 0.3) is 0 Å². The number of primary amides is 2. The SMILES string of the molecule is CC(=O)OCC(N)=O.CC(N)=O.CCCC(=O)OCC(O)CO.O=C[C@H](O)[C@@H](O)[C@H](O)[C@H](O)CO. The van der Waals surface area contributed by atoms with Crippen molar-refractivity contribution in [2.75, 3.05) is 26.4 Å². The molecular formula is C19H38N2O14. The Labute approximate surface area is 202 Å². The number of amides is 2. The van der Waals surface area contributed by atoms with Gasteiger partial charge in [0.05, 0.1) is 13.2 Å². The molecule has 0 aliphatic rings. The molecule has 16 nitrogen and oxygen atoms in total. The van der Waals surface area contributed by atoms with Crippen LogP contribution in [0.15, 0.2) is 0 Å². The van der Waals surface area contributed by atoms with E-state index in [0.717, 1.165) is 6.42 Å². The van der Waals surface area contributed by atoms with Crippen molar-refractivity contribution in [2.45, 2.75) is 64.1 Å². The summed E-state index contributed by atoms with van der Waals surface area (Å²) in [6.45, 7) is 2.81. The molecule has 0 aromatic heterocycles. The van der Waals surface area contributed by atoms with Gasteiger partial charge in [-0.3, -0.25) is 19.2 Å². The molecule has 0 spiro atoms. The van der Waals surface area contributed by atoms with E-state index in [1.54, 1.807) is 0 Å². The van der Waals surface area contributed by atoms with Crippen LogP contribution in [0.3, 0.4) is 0 Å². The first-order valence-electron chi connectivity index (χ1n) is 10.0. The summed E-state index contributed by atoms with van der Waals surface area (Å²) in [4.78, 5) is 49.5. The van der Waals surface area contributed by atoms with Gasteiger partial charge in [-0.25, -0.2) is 0 Å². The number of carbonyl (C=O) groups excluding carboxylic acids is 5. The molecular weight excluding hydrogens is 480 g/mol. The van der Waals surface area contributed by atoms with Crippen molar-refractivity contribution in [1.82, 2.24) is 0 Å². The van der Waals surface area contributed by atoms with Gasteiger partial charge in [-0.15, -0.1) is 0 Å². The monoisotopic (exact) mass is 518 g/mol. The number of hydrogen-bond donors (Lipinski definition) is 9. The molecule has 0 aromatic carbocycles. The summed E-state index contributed by atoms with van der Waals surface area (Å²) in [6.07, 6.45) is -6.70. The van der Waals surface area contributed by atoms with Crippen molar-refractivity contribution in [2.24, 2.45) is 11.5 Å². The van der Waals surface area contributed by atoms with Crippen LogP contribution < -0.4 is 11.5 Å². The van der Waals surface area contributed by atoms with Gasteiger partial charge in [-0.05, 0) is 6.42 Å². The molecule has 16 heteroatoms. The number of aliphatic hydroxyl groups excluding tert-OH is 7. The number of esters is 2. The third kappa shape index (κ3) is 33.5. The van der Waals surface area contributed by atoms with Gasteiger partial charge >= 0.3 is 11.9 Å². The number of hydrogen-bond acceptors (Lipinski definition) is 14. The molecule has 208 valence electrons. The lowest BCUT2D eigenvalue weighted by Crippen LogP contribution is -2.46. The Balaban J connectivity index is -0.000000194. The zero-order valence-electron chi connectivity index (χ0n) is 19.8. The van der Waals surface area contributed by atoms with Gasteiger partial charge in [-0.1, -0.05) is 6.92 Å². The van der Waals surface area contributed by atoms with Crippen LogP contribution >= 0.6 is 0 Å². The largest absolute Gasteiger partial charge is 0.463 e. The number of nitrogens with two attached hydrogens (primary N) is 2. The first-order chi connectivity index (χ1) is 16.1. The third-order valence-electron chi connectivity index (χ3n) is 2.94. The minimum atomic E-state index is -1.79. The molecule has 0 saturated heterocycles. The maximum Gasteiger partial charge on any atom is 0.305 e. The van der Waals surface area contributed by atoms with Gasteiger partial charge in [-0.2, -0.15) is 0 Å². The van der Waals surface area contributed by atoms with E-state index < -0.39 is 49.0 Å². The molecule has 0 aliphatic heterocycles. The highest BCUT2D eigenvalue weighted by Crippen LogP contribution is 2.03. The first kappa shape index (κ1) is 39.5. The minimum absolute atomic E-state index is 0.0258. The Morgan fingerprint density at radius 1 is 0.886 bits per heavy atom. The fourth-order valence-corrected chi connectivity index (χ4v) is 1.31. The second-order valence-electron chi connectivity index (χ2n) is 6.48. The second-order valence-corrected chi connectivity index (χ2v) is 6.48. The fraction of sp³-hybridized carbons (Fsp3) is 0.737. The zero-order chi connectivity index (χ0) is 28.6. The van der Waals surface area contributed by atoms with Crippen molar-refractivity contribution in [1.29, 1.82) is 0 Å². The predicted molar refractivity (Wildman–Crippen MR) is 117 cm³/mol. The Bertz CT molecular complexity index is 572. The Hall–Kier alpha value is -2.73. The standard InChI is InChI=1S/C7H14O4.C6H12O6.C4H7NO3.C2H5NO/c1-2-3-7(10)11-5-6(9)4-8;7-1-3(9)5(11)6(12)4(10)2-8;1-3(6)8-2-4(5)7;1-2(3)4/h6,8-9H,2-5H2,1H3;1,3-6,8-12H,2H2;2H2,1H3,(H2,5,7);1H3,(H2,3,4)/t;3-,4+,5+,6+;;/m.0../s1. The molecule has 0 rings (SSSR count). The molecule has 0 fully saturated rings. The topological polar surface area (TPSA) is 297 Å². The van der Waals surface area contributed by atoms with Crippen molar-refractivity contribution < 1.29 is 69.2 Å². The quantitative estimate of drug-likeness (QED) is 0.0862. The van der Waals surface area contributed by atoms with Crippen LogP contribution in [0, 0.1) is 0 Å². The number of ether oxygens (including phenoxy) is 2. The van der Waals surface area contributed by atoms with E-state index in [4.69, 9.17) is 35.7 Å². The van der Waals surface area contributed by atoms with E-state index in [9.17, 15) is 24.0 Å². The molecule has 11 N–H and O–H groups in total. The molecule has 0 saturated carbocycles. The number of carbonyl (C=O) groups is 5. The van der Waals surface area contributed by atoms with Gasteiger partial charge in [0.2, 0.25) is 5.91 Å². The van der Waals surface area contributed by atoms with E-state index in [2.05, 4.69) is 20.9 Å². The van der Waals surface area contributed by atoms with E-state index in [1.807, 2.05) is 6.92 Å². The maximum atomic E-state index is 10.6. The van der Waals surface area contributed by atoms with Crippen LogP contribution in [0.4, 0.5) is 0 Å². The van der Waals surface area contributed by atoms with Crippen molar-refractivity contribution in [3.05, 3.63) is 0 Å². The molecule has 0 bridgehead atoms. The highest BCUT2D eigenvalue weighted by atomic mass is 16.5. The summed E-state index contributed by atoms with van der Waals surface area (Å²) in [5.74, 6) is -1.80.